The second-order valence-corrected chi connectivity index (χ2v) is 5.48. The van der Waals surface area contributed by atoms with Crippen LogP contribution in [0.2, 0.25) is 0 Å². The summed E-state index contributed by atoms with van der Waals surface area (Å²) in [4.78, 5) is 17.2. The van der Waals surface area contributed by atoms with Crippen molar-refractivity contribution in [3.63, 3.8) is 0 Å². The lowest BCUT2D eigenvalue weighted by Gasteiger charge is -2.20. The van der Waals surface area contributed by atoms with Crippen LogP contribution < -0.4 is 5.32 Å². The van der Waals surface area contributed by atoms with Gasteiger partial charge in [0, 0.05) is 12.5 Å². The molecule has 0 spiro atoms. The molecule has 1 aromatic heterocycles. The zero-order valence-electron chi connectivity index (χ0n) is 11.0. The quantitative estimate of drug-likeness (QED) is 0.852. The molecule has 5 heteroatoms. The molecule has 0 bridgehead atoms. The van der Waals surface area contributed by atoms with Crippen LogP contribution in [0.15, 0.2) is 0 Å². The molecule has 1 saturated heterocycles. The number of thiazole rings is 1. The third-order valence-corrected chi connectivity index (χ3v) is 4.40. The minimum Gasteiger partial charge on any atom is -0.462 e. The Bertz CT molecular complexity index is 411. The van der Waals surface area contributed by atoms with E-state index in [0.29, 0.717) is 17.4 Å². The highest BCUT2D eigenvalue weighted by Crippen LogP contribution is 2.30. The summed E-state index contributed by atoms with van der Waals surface area (Å²) < 4.78 is 5.09. The monoisotopic (exact) mass is 268 g/mol. The van der Waals surface area contributed by atoms with Gasteiger partial charge in [-0.2, -0.15) is 0 Å². The Hall–Kier alpha value is -0.940. The number of ether oxygens (including phenoxy) is 1. The van der Waals surface area contributed by atoms with Gasteiger partial charge in [-0.15, -0.1) is 11.3 Å². The van der Waals surface area contributed by atoms with E-state index >= 15 is 0 Å². The average Bonchev–Trinajstić information content (AvgIpc) is 2.84. The molecule has 2 rings (SSSR count). The molecular weight excluding hydrogens is 248 g/mol. The summed E-state index contributed by atoms with van der Waals surface area (Å²) in [6, 6.07) is 0. The number of carbonyl (C=O) groups is 1. The van der Waals surface area contributed by atoms with E-state index in [0.717, 1.165) is 36.6 Å². The van der Waals surface area contributed by atoms with E-state index in [1.165, 1.54) is 17.8 Å². The molecule has 4 nitrogen and oxygen atoms in total. The van der Waals surface area contributed by atoms with Crippen molar-refractivity contribution in [2.75, 3.05) is 19.7 Å². The zero-order valence-corrected chi connectivity index (χ0v) is 11.8. The largest absolute Gasteiger partial charge is 0.462 e. The smallest absolute Gasteiger partial charge is 0.350 e. The molecule has 100 valence electrons. The fourth-order valence-electron chi connectivity index (χ4n) is 2.20. The van der Waals surface area contributed by atoms with Crippen molar-refractivity contribution in [3.8, 4) is 0 Å². The van der Waals surface area contributed by atoms with Crippen molar-refractivity contribution >= 4 is 17.3 Å². The highest BCUT2D eigenvalue weighted by atomic mass is 32.1. The van der Waals surface area contributed by atoms with Gasteiger partial charge in [0.15, 0.2) is 0 Å². The maximum Gasteiger partial charge on any atom is 0.350 e. The summed E-state index contributed by atoms with van der Waals surface area (Å²) in [7, 11) is 0. The fraction of sp³-hybridized carbons (Fsp3) is 0.692. The second kappa shape index (κ2) is 6.29. The number of hydrogen-bond donors (Lipinski definition) is 1. The van der Waals surface area contributed by atoms with Gasteiger partial charge >= 0.3 is 5.97 Å². The van der Waals surface area contributed by atoms with Gasteiger partial charge in [0.25, 0.3) is 0 Å². The third-order valence-electron chi connectivity index (χ3n) is 3.16. The van der Waals surface area contributed by atoms with Gasteiger partial charge in [-0.05, 0) is 32.7 Å². The Labute approximate surface area is 112 Å². The lowest BCUT2D eigenvalue weighted by atomic mass is 10.0. The third kappa shape index (κ3) is 2.90. The van der Waals surface area contributed by atoms with Crippen molar-refractivity contribution in [2.45, 2.75) is 39.0 Å². The van der Waals surface area contributed by atoms with Crippen LogP contribution in [0.25, 0.3) is 0 Å². The standard InChI is InChI=1S/C13H20N2O2S/c1-3-10-11(13(16)17-4-2)18-12(15-10)9-6-5-7-14-8-9/h9,14H,3-8H2,1-2H3. The zero-order chi connectivity index (χ0) is 13.0. The molecule has 0 aliphatic carbocycles. The molecule has 0 amide bonds. The molecule has 1 aliphatic rings. The molecule has 1 unspecified atom stereocenters. The maximum absolute atomic E-state index is 11.9. The number of aromatic nitrogens is 1. The lowest BCUT2D eigenvalue weighted by molar-refractivity contribution is 0.0530. The van der Waals surface area contributed by atoms with E-state index in [-0.39, 0.29) is 5.97 Å². The van der Waals surface area contributed by atoms with E-state index in [4.69, 9.17) is 4.74 Å². The van der Waals surface area contributed by atoms with Gasteiger partial charge in [0.05, 0.1) is 17.3 Å². The first-order valence-electron chi connectivity index (χ1n) is 6.63. The molecule has 1 aliphatic heterocycles. The van der Waals surface area contributed by atoms with E-state index < -0.39 is 0 Å². The van der Waals surface area contributed by atoms with E-state index in [2.05, 4.69) is 10.3 Å². The summed E-state index contributed by atoms with van der Waals surface area (Å²) in [6.45, 7) is 6.34. The van der Waals surface area contributed by atoms with Crippen LogP contribution in [-0.4, -0.2) is 30.6 Å². The van der Waals surface area contributed by atoms with Crippen molar-refractivity contribution in [3.05, 3.63) is 15.6 Å². The van der Waals surface area contributed by atoms with Crippen molar-refractivity contribution in [2.24, 2.45) is 0 Å². The molecule has 0 saturated carbocycles. The van der Waals surface area contributed by atoms with Gasteiger partial charge in [-0.1, -0.05) is 6.92 Å². The molecule has 1 aromatic rings. The van der Waals surface area contributed by atoms with Gasteiger partial charge in [-0.3, -0.25) is 0 Å². The molecule has 0 radical (unpaired) electrons. The number of nitrogens with one attached hydrogen (secondary N) is 1. The Morgan fingerprint density at radius 2 is 2.39 bits per heavy atom. The Balaban J connectivity index is 2.19. The number of esters is 1. The average molecular weight is 268 g/mol. The number of carbonyl (C=O) groups excluding carboxylic acids is 1. The van der Waals surface area contributed by atoms with Crippen LogP contribution in [0.5, 0.6) is 0 Å². The van der Waals surface area contributed by atoms with Crippen molar-refractivity contribution in [1.82, 2.24) is 10.3 Å². The number of hydrogen-bond acceptors (Lipinski definition) is 5. The minimum atomic E-state index is -0.220. The van der Waals surface area contributed by atoms with Crippen LogP contribution in [-0.2, 0) is 11.2 Å². The summed E-state index contributed by atoms with van der Waals surface area (Å²) >= 11 is 1.51. The molecule has 0 aromatic carbocycles. The Kier molecular flexibility index (Phi) is 4.72. The van der Waals surface area contributed by atoms with Crippen LogP contribution >= 0.6 is 11.3 Å². The second-order valence-electron chi connectivity index (χ2n) is 4.45. The molecule has 1 N–H and O–H groups in total. The molecule has 2 heterocycles. The first-order valence-corrected chi connectivity index (χ1v) is 7.45. The summed E-state index contributed by atoms with van der Waals surface area (Å²) in [5.74, 6) is 0.235. The molecule has 1 fully saturated rings. The van der Waals surface area contributed by atoms with Gasteiger partial charge in [0.2, 0.25) is 0 Å². The fourth-order valence-corrected chi connectivity index (χ4v) is 3.39. The first kappa shape index (κ1) is 13.5. The van der Waals surface area contributed by atoms with E-state index in [1.54, 1.807) is 0 Å². The van der Waals surface area contributed by atoms with E-state index in [9.17, 15) is 4.79 Å². The van der Waals surface area contributed by atoms with Crippen LogP contribution in [0, 0.1) is 0 Å². The molecule has 18 heavy (non-hydrogen) atoms. The minimum absolute atomic E-state index is 0.220. The SMILES string of the molecule is CCOC(=O)c1sc(C2CCCNC2)nc1CC. The van der Waals surface area contributed by atoms with Crippen LogP contribution in [0.3, 0.4) is 0 Å². The number of nitrogens with zero attached hydrogens (tertiary/aromatic N) is 1. The highest BCUT2D eigenvalue weighted by molar-refractivity contribution is 7.13. The van der Waals surface area contributed by atoms with Crippen molar-refractivity contribution in [1.29, 1.82) is 0 Å². The van der Waals surface area contributed by atoms with Crippen molar-refractivity contribution < 1.29 is 9.53 Å². The predicted octanol–water partition coefficient (Wildman–Crippen LogP) is 2.35. The first-order chi connectivity index (χ1) is 8.76. The summed E-state index contributed by atoms with van der Waals surface area (Å²) in [5, 5.41) is 4.47. The number of rotatable bonds is 4. The summed E-state index contributed by atoms with van der Waals surface area (Å²) in [6.07, 6.45) is 3.12. The van der Waals surface area contributed by atoms with Gasteiger partial charge in [-0.25, -0.2) is 9.78 Å². The van der Waals surface area contributed by atoms with Crippen LogP contribution in [0.4, 0.5) is 0 Å². The summed E-state index contributed by atoms with van der Waals surface area (Å²) in [5.41, 5.74) is 0.888. The van der Waals surface area contributed by atoms with E-state index in [1.807, 2.05) is 13.8 Å². The topological polar surface area (TPSA) is 51.2 Å². The van der Waals surface area contributed by atoms with Gasteiger partial charge < -0.3 is 10.1 Å². The van der Waals surface area contributed by atoms with Crippen LogP contribution in [0.1, 0.15) is 53.0 Å². The van der Waals surface area contributed by atoms with Gasteiger partial charge in [0.1, 0.15) is 4.88 Å². The Morgan fingerprint density at radius 3 is 3.00 bits per heavy atom. The maximum atomic E-state index is 11.9. The number of aryl methyl sites for hydroxylation is 1. The Morgan fingerprint density at radius 1 is 1.56 bits per heavy atom. The molecule has 1 atom stereocenters. The predicted molar refractivity (Wildman–Crippen MR) is 72.3 cm³/mol. The highest BCUT2D eigenvalue weighted by Gasteiger charge is 2.23. The lowest BCUT2D eigenvalue weighted by Crippen LogP contribution is -2.28. The molecular formula is C13H20N2O2S. The number of piperidine rings is 1. The normalized spacial score (nSPS) is 19.8.